The van der Waals surface area contributed by atoms with E-state index in [2.05, 4.69) is 5.32 Å². The normalized spacial score (nSPS) is 12.1. The highest BCUT2D eigenvalue weighted by atomic mass is 35.5. The van der Waals surface area contributed by atoms with Crippen LogP contribution in [0.2, 0.25) is 5.02 Å². The minimum atomic E-state index is -0.559. The SMILES string of the molecule is C[C@H](NC(=O)COC(=O)/C=C/c1ccsc1)c1ccccc1Cl. The van der Waals surface area contributed by atoms with Crippen molar-refractivity contribution in [3.8, 4) is 0 Å². The summed E-state index contributed by atoms with van der Waals surface area (Å²) < 4.78 is 4.90. The summed E-state index contributed by atoms with van der Waals surface area (Å²) in [5.41, 5.74) is 1.73. The van der Waals surface area contributed by atoms with Crippen LogP contribution in [-0.4, -0.2) is 18.5 Å². The number of carbonyl (C=O) groups is 2. The van der Waals surface area contributed by atoms with Crippen LogP contribution in [0.5, 0.6) is 0 Å². The summed E-state index contributed by atoms with van der Waals surface area (Å²) in [6.07, 6.45) is 2.94. The molecule has 1 N–H and O–H groups in total. The van der Waals surface area contributed by atoms with E-state index in [1.165, 1.54) is 17.4 Å². The maximum atomic E-state index is 11.8. The maximum absolute atomic E-state index is 11.8. The average molecular weight is 350 g/mol. The number of hydrogen-bond donors (Lipinski definition) is 1. The van der Waals surface area contributed by atoms with Gasteiger partial charge in [0.1, 0.15) is 0 Å². The van der Waals surface area contributed by atoms with Crippen LogP contribution in [-0.2, 0) is 14.3 Å². The molecule has 6 heteroatoms. The Kier molecular flexibility index (Phi) is 6.38. The number of thiophene rings is 1. The van der Waals surface area contributed by atoms with E-state index in [9.17, 15) is 9.59 Å². The molecule has 2 rings (SSSR count). The molecular formula is C17H16ClNO3S. The Hall–Kier alpha value is -2.11. The standard InChI is InChI=1S/C17H16ClNO3S/c1-12(14-4-2-3-5-15(14)18)19-16(20)10-22-17(21)7-6-13-8-9-23-11-13/h2-9,11-12H,10H2,1H3,(H,19,20)/b7-6+/t12-/m0/s1. The fraction of sp³-hybridized carbons (Fsp3) is 0.176. The van der Waals surface area contributed by atoms with Gasteiger partial charge in [0.2, 0.25) is 0 Å². The number of hydrogen-bond acceptors (Lipinski definition) is 4. The zero-order valence-corrected chi connectivity index (χ0v) is 14.1. The molecule has 23 heavy (non-hydrogen) atoms. The molecule has 0 aliphatic rings. The van der Waals surface area contributed by atoms with Gasteiger partial charge in [-0.25, -0.2) is 4.79 Å². The Bertz CT molecular complexity index is 698. The highest BCUT2D eigenvalue weighted by molar-refractivity contribution is 7.08. The summed E-state index contributed by atoms with van der Waals surface area (Å²) in [4.78, 5) is 23.4. The lowest BCUT2D eigenvalue weighted by atomic mass is 10.1. The first kappa shape index (κ1) is 17.2. The molecule has 4 nitrogen and oxygen atoms in total. The van der Waals surface area contributed by atoms with E-state index in [-0.39, 0.29) is 18.6 Å². The lowest BCUT2D eigenvalue weighted by Crippen LogP contribution is -2.31. The monoisotopic (exact) mass is 349 g/mol. The van der Waals surface area contributed by atoms with Gasteiger partial charge in [-0.2, -0.15) is 11.3 Å². The molecule has 1 aromatic carbocycles. The van der Waals surface area contributed by atoms with E-state index in [0.717, 1.165) is 11.1 Å². The van der Waals surface area contributed by atoms with Crippen molar-refractivity contribution in [2.45, 2.75) is 13.0 Å². The van der Waals surface area contributed by atoms with Crippen molar-refractivity contribution in [1.29, 1.82) is 0 Å². The Morgan fingerprint density at radius 2 is 2.13 bits per heavy atom. The van der Waals surface area contributed by atoms with Crippen LogP contribution < -0.4 is 5.32 Å². The van der Waals surface area contributed by atoms with Gasteiger partial charge in [0.05, 0.1) is 6.04 Å². The predicted molar refractivity (Wildman–Crippen MR) is 92.3 cm³/mol. The van der Waals surface area contributed by atoms with Crippen LogP contribution in [0.25, 0.3) is 6.08 Å². The molecule has 0 unspecified atom stereocenters. The molecule has 1 aromatic heterocycles. The second-order valence-electron chi connectivity index (χ2n) is 4.81. The van der Waals surface area contributed by atoms with Crippen molar-refractivity contribution in [1.82, 2.24) is 5.32 Å². The van der Waals surface area contributed by atoms with Gasteiger partial charge in [0.25, 0.3) is 5.91 Å². The number of ether oxygens (including phenoxy) is 1. The van der Waals surface area contributed by atoms with Crippen molar-refractivity contribution in [3.05, 3.63) is 63.3 Å². The summed E-state index contributed by atoms with van der Waals surface area (Å²) in [5, 5.41) is 7.13. The van der Waals surface area contributed by atoms with Crippen molar-refractivity contribution < 1.29 is 14.3 Å². The van der Waals surface area contributed by atoms with Gasteiger partial charge < -0.3 is 10.1 Å². The van der Waals surface area contributed by atoms with Gasteiger partial charge in [-0.1, -0.05) is 29.8 Å². The molecule has 2 aromatic rings. The average Bonchev–Trinajstić information content (AvgIpc) is 3.04. The first-order valence-corrected chi connectivity index (χ1v) is 8.29. The quantitative estimate of drug-likeness (QED) is 0.637. The maximum Gasteiger partial charge on any atom is 0.331 e. The van der Waals surface area contributed by atoms with Gasteiger partial charge in [-0.05, 0) is 47.0 Å². The number of rotatable bonds is 6. The lowest BCUT2D eigenvalue weighted by molar-refractivity contribution is -0.144. The molecule has 0 saturated heterocycles. The van der Waals surface area contributed by atoms with Crippen molar-refractivity contribution in [2.75, 3.05) is 6.61 Å². The molecule has 0 fully saturated rings. The summed E-state index contributed by atoms with van der Waals surface area (Å²) in [6.45, 7) is 1.49. The molecule has 1 amide bonds. The third-order valence-electron chi connectivity index (χ3n) is 3.05. The van der Waals surface area contributed by atoms with Gasteiger partial charge in [0.15, 0.2) is 6.61 Å². The molecule has 0 aliphatic heterocycles. The molecule has 1 heterocycles. The van der Waals surface area contributed by atoms with Crippen molar-refractivity contribution >= 4 is 40.9 Å². The van der Waals surface area contributed by atoms with Gasteiger partial charge in [-0.15, -0.1) is 0 Å². The topological polar surface area (TPSA) is 55.4 Å². The van der Waals surface area contributed by atoms with Crippen LogP contribution in [0.3, 0.4) is 0 Å². The number of benzene rings is 1. The third-order valence-corrected chi connectivity index (χ3v) is 4.10. The second kappa shape index (κ2) is 8.50. The summed E-state index contributed by atoms with van der Waals surface area (Å²) >= 11 is 7.61. The van der Waals surface area contributed by atoms with Gasteiger partial charge >= 0.3 is 5.97 Å². The Balaban J connectivity index is 1.78. The zero-order valence-electron chi connectivity index (χ0n) is 12.5. The molecular weight excluding hydrogens is 334 g/mol. The lowest BCUT2D eigenvalue weighted by Gasteiger charge is -2.15. The first-order valence-electron chi connectivity index (χ1n) is 6.97. The molecule has 120 valence electrons. The predicted octanol–water partition coefficient (Wildman–Crippen LogP) is 3.84. The van der Waals surface area contributed by atoms with Crippen LogP contribution in [0.15, 0.2) is 47.2 Å². The fourth-order valence-electron chi connectivity index (χ4n) is 1.91. The van der Waals surface area contributed by atoms with E-state index in [1.807, 2.05) is 41.9 Å². The van der Waals surface area contributed by atoms with Crippen LogP contribution in [0.4, 0.5) is 0 Å². The fourth-order valence-corrected chi connectivity index (χ4v) is 2.83. The Morgan fingerprint density at radius 3 is 2.83 bits per heavy atom. The first-order chi connectivity index (χ1) is 11.1. The zero-order chi connectivity index (χ0) is 16.7. The smallest absolute Gasteiger partial charge is 0.331 e. The molecule has 1 atom stereocenters. The van der Waals surface area contributed by atoms with Crippen molar-refractivity contribution in [3.63, 3.8) is 0 Å². The van der Waals surface area contributed by atoms with E-state index >= 15 is 0 Å². The summed E-state index contributed by atoms with van der Waals surface area (Å²) in [5.74, 6) is -0.938. The largest absolute Gasteiger partial charge is 0.452 e. The Labute approximate surface area is 143 Å². The third kappa shape index (κ3) is 5.54. The van der Waals surface area contributed by atoms with Crippen LogP contribution in [0, 0.1) is 0 Å². The van der Waals surface area contributed by atoms with Crippen LogP contribution >= 0.6 is 22.9 Å². The van der Waals surface area contributed by atoms with Gasteiger partial charge in [-0.3, -0.25) is 4.79 Å². The van der Waals surface area contributed by atoms with E-state index in [0.29, 0.717) is 5.02 Å². The van der Waals surface area contributed by atoms with E-state index in [1.54, 1.807) is 12.1 Å². The number of halogens is 1. The number of carbonyl (C=O) groups excluding carboxylic acids is 2. The van der Waals surface area contributed by atoms with Gasteiger partial charge in [0, 0.05) is 11.1 Å². The molecule has 0 aliphatic carbocycles. The summed E-state index contributed by atoms with van der Waals surface area (Å²) in [6, 6.07) is 8.88. The van der Waals surface area contributed by atoms with Crippen LogP contribution in [0.1, 0.15) is 24.1 Å². The molecule has 0 saturated carbocycles. The highest BCUT2D eigenvalue weighted by Gasteiger charge is 2.13. The minimum absolute atomic E-state index is 0.267. The molecule has 0 radical (unpaired) electrons. The molecule has 0 bridgehead atoms. The van der Waals surface area contributed by atoms with E-state index < -0.39 is 5.97 Å². The Morgan fingerprint density at radius 1 is 1.35 bits per heavy atom. The second-order valence-corrected chi connectivity index (χ2v) is 6.00. The number of amides is 1. The summed E-state index contributed by atoms with van der Waals surface area (Å²) in [7, 11) is 0. The highest BCUT2D eigenvalue weighted by Crippen LogP contribution is 2.21. The number of esters is 1. The molecule has 0 spiro atoms. The minimum Gasteiger partial charge on any atom is -0.452 e. The van der Waals surface area contributed by atoms with Crippen molar-refractivity contribution in [2.24, 2.45) is 0 Å². The number of nitrogens with one attached hydrogen (secondary N) is 1. The van der Waals surface area contributed by atoms with E-state index in [4.69, 9.17) is 16.3 Å².